The maximum Gasteiger partial charge on any atom is 0.325 e. The molecule has 1 aromatic heterocycles. The Balaban J connectivity index is 1.90. The summed E-state index contributed by atoms with van der Waals surface area (Å²) in [5, 5.41) is 22.6. The van der Waals surface area contributed by atoms with E-state index in [4.69, 9.17) is 5.11 Å². The predicted molar refractivity (Wildman–Crippen MR) is 104 cm³/mol. The van der Waals surface area contributed by atoms with Gasteiger partial charge in [0.1, 0.15) is 6.04 Å². The molecule has 150 valence electrons. The van der Waals surface area contributed by atoms with Crippen molar-refractivity contribution in [1.82, 2.24) is 9.88 Å². The number of carboxylic acids is 2. The van der Waals surface area contributed by atoms with E-state index in [2.05, 4.69) is 10.3 Å². The largest absolute Gasteiger partial charge is 0.481 e. The van der Waals surface area contributed by atoms with Crippen LogP contribution in [0.3, 0.4) is 0 Å². The van der Waals surface area contributed by atoms with Gasteiger partial charge in [-0.2, -0.15) is 0 Å². The quantitative estimate of drug-likeness (QED) is 0.604. The molecule has 3 rings (SSSR count). The van der Waals surface area contributed by atoms with E-state index in [1.807, 2.05) is 11.0 Å². The van der Waals surface area contributed by atoms with Crippen LogP contribution >= 0.6 is 0 Å². The molecule has 1 aliphatic heterocycles. The number of piperidine rings is 1. The molecule has 0 saturated carbocycles. The van der Waals surface area contributed by atoms with E-state index in [0.29, 0.717) is 37.2 Å². The monoisotopic (exact) mass is 387 g/mol. The van der Waals surface area contributed by atoms with Crippen LogP contribution in [0.1, 0.15) is 38.3 Å². The summed E-state index contributed by atoms with van der Waals surface area (Å²) in [5.41, 5.74) is 2.00. The van der Waals surface area contributed by atoms with Gasteiger partial charge in [0.15, 0.2) is 0 Å². The Bertz CT molecular complexity index is 896. The minimum Gasteiger partial charge on any atom is -0.481 e. The standard InChI is InChI=1S/C20H25N3O5/c1-11(2)18(24)22-13-3-4-16-14(9-13)15(10-21-16)17(20(27)28)23-7-5-12(6-8-23)19(25)26/h3-4,9-12,17,21H,5-8H2,1-2H3,(H,22,24)(H,25,26)(H,27,28)/t17-/m0/s1. The van der Waals surface area contributed by atoms with Crippen LogP contribution in [0.5, 0.6) is 0 Å². The third-order valence-corrected chi connectivity index (χ3v) is 5.28. The number of fused-ring (bicyclic) bond motifs is 1. The first-order valence-electron chi connectivity index (χ1n) is 9.39. The molecule has 28 heavy (non-hydrogen) atoms. The van der Waals surface area contributed by atoms with E-state index in [1.165, 1.54) is 0 Å². The Morgan fingerprint density at radius 2 is 1.86 bits per heavy atom. The molecule has 0 spiro atoms. The number of carbonyl (C=O) groups is 3. The highest BCUT2D eigenvalue weighted by molar-refractivity contribution is 5.96. The normalized spacial score (nSPS) is 17.0. The summed E-state index contributed by atoms with van der Waals surface area (Å²) >= 11 is 0. The third kappa shape index (κ3) is 4.01. The molecule has 0 aliphatic carbocycles. The Hall–Kier alpha value is -2.87. The van der Waals surface area contributed by atoms with E-state index in [0.717, 1.165) is 10.9 Å². The zero-order valence-corrected chi connectivity index (χ0v) is 15.9. The zero-order valence-electron chi connectivity index (χ0n) is 15.9. The van der Waals surface area contributed by atoms with Crippen molar-refractivity contribution in [3.8, 4) is 0 Å². The second kappa shape index (κ2) is 8.02. The van der Waals surface area contributed by atoms with E-state index in [9.17, 15) is 19.5 Å². The molecule has 1 aromatic carbocycles. The number of hydrogen-bond donors (Lipinski definition) is 4. The summed E-state index contributed by atoms with van der Waals surface area (Å²) in [6.07, 6.45) is 2.54. The lowest BCUT2D eigenvalue weighted by atomic mass is 9.94. The zero-order chi connectivity index (χ0) is 20.4. The van der Waals surface area contributed by atoms with Crippen LogP contribution in [0, 0.1) is 11.8 Å². The molecule has 1 amide bonds. The number of anilines is 1. The number of rotatable bonds is 6. The number of carboxylic acid groups (broad SMARTS) is 2. The number of hydrogen-bond acceptors (Lipinski definition) is 4. The van der Waals surface area contributed by atoms with Crippen molar-refractivity contribution in [2.45, 2.75) is 32.7 Å². The lowest BCUT2D eigenvalue weighted by molar-refractivity contribution is -0.146. The maximum absolute atomic E-state index is 12.1. The number of aromatic nitrogens is 1. The molecule has 2 heterocycles. The van der Waals surface area contributed by atoms with E-state index in [-0.39, 0.29) is 11.8 Å². The fraction of sp³-hybridized carbons (Fsp3) is 0.450. The minimum atomic E-state index is -0.980. The van der Waals surface area contributed by atoms with Gasteiger partial charge >= 0.3 is 11.9 Å². The SMILES string of the molecule is CC(C)C(=O)Nc1ccc2[nH]cc([C@@H](C(=O)O)N3CCC(C(=O)O)CC3)c2c1. The Morgan fingerprint density at radius 1 is 1.18 bits per heavy atom. The second-order valence-corrected chi connectivity index (χ2v) is 7.54. The summed E-state index contributed by atoms with van der Waals surface area (Å²) in [6.45, 7) is 4.42. The van der Waals surface area contributed by atoms with Crippen LogP contribution in [0.2, 0.25) is 0 Å². The molecule has 2 aromatic rings. The third-order valence-electron chi connectivity index (χ3n) is 5.28. The molecular weight excluding hydrogens is 362 g/mol. The Morgan fingerprint density at radius 3 is 2.43 bits per heavy atom. The highest BCUT2D eigenvalue weighted by atomic mass is 16.4. The van der Waals surface area contributed by atoms with E-state index < -0.39 is 23.9 Å². The van der Waals surface area contributed by atoms with Gasteiger partial charge in [-0.1, -0.05) is 13.8 Å². The highest BCUT2D eigenvalue weighted by Crippen LogP contribution is 2.33. The molecule has 0 radical (unpaired) electrons. The van der Waals surface area contributed by atoms with Crippen molar-refractivity contribution in [2.24, 2.45) is 11.8 Å². The number of aliphatic carboxylic acids is 2. The minimum absolute atomic E-state index is 0.109. The van der Waals surface area contributed by atoms with Gasteiger partial charge in [0.2, 0.25) is 5.91 Å². The van der Waals surface area contributed by atoms with Gasteiger partial charge in [0.25, 0.3) is 0 Å². The number of nitrogens with one attached hydrogen (secondary N) is 2. The topological polar surface area (TPSA) is 123 Å². The number of carbonyl (C=O) groups excluding carboxylic acids is 1. The van der Waals surface area contributed by atoms with Gasteiger partial charge in [0, 0.05) is 47.4 Å². The molecule has 8 heteroatoms. The predicted octanol–water partition coefficient (Wildman–Crippen LogP) is 2.68. The number of aromatic amines is 1. The number of H-pyrrole nitrogens is 1. The number of nitrogens with zero attached hydrogens (tertiary/aromatic N) is 1. The van der Waals surface area contributed by atoms with Crippen molar-refractivity contribution in [2.75, 3.05) is 18.4 Å². The summed E-state index contributed by atoms with van der Waals surface area (Å²) in [4.78, 5) is 40.1. The van der Waals surface area contributed by atoms with Crippen molar-refractivity contribution in [3.63, 3.8) is 0 Å². The first-order chi connectivity index (χ1) is 13.3. The molecule has 1 saturated heterocycles. The molecule has 1 fully saturated rings. The van der Waals surface area contributed by atoms with Crippen LogP contribution in [0.4, 0.5) is 5.69 Å². The van der Waals surface area contributed by atoms with Crippen molar-refractivity contribution >= 4 is 34.4 Å². The highest BCUT2D eigenvalue weighted by Gasteiger charge is 2.34. The average molecular weight is 387 g/mol. The number of amides is 1. The molecule has 1 atom stereocenters. The van der Waals surface area contributed by atoms with Crippen LogP contribution in [0.15, 0.2) is 24.4 Å². The number of likely N-dealkylation sites (tertiary alicyclic amines) is 1. The molecule has 0 unspecified atom stereocenters. The van der Waals surface area contributed by atoms with Gasteiger partial charge < -0.3 is 20.5 Å². The van der Waals surface area contributed by atoms with Crippen LogP contribution < -0.4 is 5.32 Å². The van der Waals surface area contributed by atoms with E-state index in [1.54, 1.807) is 32.2 Å². The van der Waals surface area contributed by atoms with Crippen molar-refractivity contribution in [1.29, 1.82) is 0 Å². The fourth-order valence-corrected chi connectivity index (χ4v) is 3.62. The first-order valence-corrected chi connectivity index (χ1v) is 9.39. The van der Waals surface area contributed by atoms with Crippen molar-refractivity contribution < 1.29 is 24.6 Å². The van der Waals surface area contributed by atoms with Gasteiger partial charge in [-0.25, -0.2) is 0 Å². The lowest BCUT2D eigenvalue weighted by Gasteiger charge is -2.34. The van der Waals surface area contributed by atoms with Gasteiger partial charge in [-0.3, -0.25) is 19.3 Å². The van der Waals surface area contributed by atoms with Crippen LogP contribution in [0.25, 0.3) is 10.9 Å². The first kappa shape index (κ1) is 19.9. The van der Waals surface area contributed by atoms with Gasteiger partial charge in [-0.05, 0) is 31.0 Å². The Labute approximate surface area is 162 Å². The molecule has 4 N–H and O–H groups in total. The molecule has 8 nitrogen and oxygen atoms in total. The summed E-state index contributed by atoms with van der Waals surface area (Å²) < 4.78 is 0. The van der Waals surface area contributed by atoms with Gasteiger partial charge in [0.05, 0.1) is 5.92 Å². The van der Waals surface area contributed by atoms with Crippen LogP contribution in [-0.2, 0) is 14.4 Å². The van der Waals surface area contributed by atoms with Gasteiger partial charge in [-0.15, -0.1) is 0 Å². The van der Waals surface area contributed by atoms with Crippen molar-refractivity contribution in [3.05, 3.63) is 30.0 Å². The smallest absolute Gasteiger partial charge is 0.325 e. The maximum atomic E-state index is 12.1. The molecule has 1 aliphatic rings. The van der Waals surface area contributed by atoms with Crippen LogP contribution in [-0.4, -0.2) is 51.0 Å². The summed E-state index contributed by atoms with van der Waals surface area (Å²) in [7, 11) is 0. The summed E-state index contributed by atoms with van der Waals surface area (Å²) in [6, 6.07) is 4.49. The molecular formula is C20H25N3O5. The number of benzene rings is 1. The molecule has 0 bridgehead atoms. The second-order valence-electron chi connectivity index (χ2n) is 7.54. The van der Waals surface area contributed by atoms with E-state index >= 15 is 0 Å². The Kier molecular flexibility index (Phi) is 5.69. The fourth-order valence-electron chi connectivity index (χ4n) is 3.62. The summed E-state index contributed by atoms with van der Waals surface area (Å²) in [5.74, 6) is -2.51. The lowest BCUT2D eigenvalue weighted by Crippen LogP contribution is -2.41. The average Bonchev–Trinajstić information content (AvgIpc) is 3.05.